The highest BCUT2D eigenvalue weighted by Gasteiger charge is 2.57. The summed E-state index contributed by atoms with van der Waals surface area (Å²) in [5, 5.41) is 3.92. The number of hydrogen-bond acceptors (Lipinski definition) is 5. The summed E-state index contributed by atoms with van der Waals surface area (Å²) < 4.78 is 5.47. The first-order chi connectivity index (χ1) is 10.6. The second-order valence-corrected chi connectivity index (χ2v) is 5.53. The molecule has 2 fully saturated rings. The van der Waals surface area contributed by atoms with Crippen LogP contribution in [-0.4, -0.2) is 17.9 Å². The first kappa shape index (κ1) is 13.1. The lowest BCUT2D eigenvalue weighted by atomic mass is 9.94. The number of furan rings is 1. The third kappa shape index (κ3) is 1.84. The Kier molecular flexibility index (Phi) is 2.80. The normalized spacial score (nSPS) is 27.1. The van der Waals surface area contributed by atoms with Gasteiger partial charge in [0.05, 0.1) is 12.0 Å². The molecule has 0 radical (unpaired) electrons. The zero-order valence-corrected chi connectivity index (χ0v) is 11.9. The Hall–Kier alpha value is -2.60. The van der Waals surface area contributed by atoms with Gasteiger partial charge < -0.3 is 4.42 Å². The summed E-state index contributed by atoms with van der Waals surface area (Å²) in [6, 6.07) is 10.8. The molecular formula is C16H14N2O4. The number of rotatable bonds is 2. The number of anilines is 1. The molecule has 0 saturated carbocycles. The molecular weight excluding hydrogens is 284 g/mol. The van der Waals surface area contributed by atoms with Gasteiger partial charge in [0.2, 0.25) is 5.91 Å². The van der Waals surface area contributed by atoms with E-state index >= 15 is 0 Å². The van der Waals surface area contributed by atoms with E-state index in [2.05, 4.69) is 5.32 Å². The standard InChI is InChI=1S/C16H14N2O4/c1-9-4-6-10(7-5-9)18-13(11-3-2-8-21-11)12-14(22-18)16(20)17-15(12)19/h2-8,12-14H,1H3,(H,17,19,20)/t12-,13+,14+/m1/s1. The number of benzene rings is 1. The smallest absolute Gasteiger partial charge is 0.259 e. The van der Waals surface area contributed by atoms with Crippen LogP contribution in [0.1, 0.15) is 17.4 Å². The van der Waals surface area contributed by atoms with Crippen LogP contribution in [0.25, 0.3) is 0 Å². The molecule has 0 bridgehead atoms. The fourth-order valence-corrected chi connectivity index (χ4v) is 3.00. The monoisotopic (exact) mass is 298 g/mol. The van der Waals surface area contributed by atoms with Gasteiger partial charge in [0.1, 0.15) is 17.7 Å². The van der Waals surface area contributed by atoms with Crippen molar-refractivity contribution in [1.29, 1.82) is 0 Å². The van der Waals surface area contributed by atoms with Gasteiger partial charge in [-0.15, -0.1) is 0 Å². The number of hydrogen-bond donors (Lipinski definition) is 1. The molecule has 0 spiro atoms. The van der Waals surface area contributed by atoms with Gasteiger partial charge in [0.25, 0.3) is 5.91 Å². The van der Waals surface area contributed by atoms with E-state index in [9.17, 15) is 9.59 Å². The van der Waals surface area contributed by atoms with E-state index in [4.69, 9.17) is 9.25 Å². The van der Waals surface area contributed by atoms with Gasteiger partial charge in [-0.3, -0.25) is 19.7 Å². The molecule has 1 N–H and O–H groups in total. The Morgan fingerprint density at radius 3 is 2.55 bits per heavy atom. The Morgan fingerprint density at radius 1 is 1.09 bits per heavy atom. The Balaban J connectivity index is 1.78. The molecule has 1 aromatic carbocycles. The van der Waals surface area contributed by atoms with Crippen molar-refractivity contribution in [1.82, 2.24) is 5.32 Å². The summed E-state index contributed by atoms with van der Waals surface area (Å²) in [6.45, 7) is 1.99. The quantitative estimate of drug-likeness (QED) is 0.855. The lowest BCUT2D eigenvalue weighted by molar-refractivity contribution is -0.129. The van der Waals surface area contributed by atoms with E-state index in [1.807, 2.05) is 31.2 Å². The van der Waals surface area contributed by atoms with Gasteiger partial charge in [-0.05, 0) is 31.2 Å². The molecule has 2 saturated heterocycles. The average Bonchev–Trinajstić information content (AvgIpc) is 3.19. The zero-order chi connectivity index (χ0) is 15.3. The third-order valence-electron chi connectivity index (χ3n) is 4.08. The van der Waals surface area contributed by atoms with Crippen LogP contribution < -0.4 is 10.4 Å². The van der Waals surface area contributed by atoms with E-state index < -0.39 is 24.0 Å². The minimum Gasteiger partial charge on any atom is -0.467 e. The first-order valence-electron chi connectivity index (χ1n) is 7.06. The molecule has 6 nitrogen and oxygen atoms in total. The Bertz CT molecular complexity index is 723. The van der Waals surface area contributed by atoms with Gasteiger partial charge >= 0.3 is 0 Å². The fraction of sp³-hybridized carbons (Fsp3) is 0.250. The minimum atomic E-state index is -0.816. The molecule has 0 unspecified atom stereocenters. The number of nitrogens with zero attached hydrogens (tertiary/aromatic N) is 1. The maximum Gasteiger partial charge on any atom is 0.259 e. The molecule has 22 heavy (non-hydrogen) atoms. The van der Waals surface area contributed by atoms with Crippen LogP contribution in [-0.2, 0) is 14.4 Å². The maximum absolute atomic E-state index is 12.1. The van der Waals surface area contributed by atoms with E-state index in [1.165, 1.54) is 0 Å². The molecule has 112 valence electrons. The zero-order valence-electron chi connectivity index (χ0n) is 11.9. The largest absolute Gasteiger partial charge is 0.467 e. The number of aryl methyl sites for hydroxylation is 1. The third-order valence-corrected chi connectivity index (χ3v) is 4.08. The van der Waals surface area contributed by atoms with Gasteiger partial charge in [0.15, 0.2) is 6.10 Å². The van der Waals surface area contributed by atoms with E-state index in [0.717, 1.165) is 11.3 Å². The maximum atomic E-state index is 12.1. The van der Waals surface area contributed by atoms with Crippen molar-refractivity contribution in [2.45, 2.75) is 19.1 Å². The Labute approximate surface area is 126 Å². The van der Waals surface area contributed by atoms with Crippen molar-refractivity contribution in [2.24, 2.45) is 5.92 Å². The molecule has 2 aromatic rings. The molecule has 2 aliphatic rings. The first-order valence-corrected chi connectivity index (χ1v) is 7.06. The van der Waals surface area contributed by atoms with Crippen LogP contribution in [0.5, 0.6) is 0 Å². The predicted octanol–water partition coefficient (Wildman–Crippen LogP) is 1.72. The number of fused-ring (bicyclic) bond motifs is 1. The fourth-order valence-electron chi connectivity index (χ4n) is 3.00. The lowest BCUT2D eigenvalue weighted by Crippen LogP contribution is -2.33. The molecule has 0 aliphatic carbocycles. The molecule has 2 aliphatic heterocycles. The van der Waals surface area contributed by atoms with Crippen LogP contribution >= 0.6 is 0 Å². The van der Waals surface area contributed by atoms with Crippen LogP contribution in [0, 0.1) is 12.8 Å². The molecule has 1 aromatic heterocycles. The average molecular weight is 298 g/mol. The molecule has 3 atom stereocenters. The number of carbonyl (C=O) groups is 2. The van der Waals surface area contributed by atoms with E-state index in [-0.39, 0.29) is 5.91 Å². The minimum absolute atomic E-state index is 0.328. The molecule has 3 heterocycles. The molecule has 4 rings (SSSR count). The summed E-state index contributed by atoms with van der Waals surface area (Å²) in [4.78, 5) is 29.8. The number of hydroxylamine groups is 1. The number of carbonyl (C=O) groups excluding carboxylic acids is 2. The van der Waals surface area contributed by atoms with Crippen molar-refractivity contribution in [2.75, 3.05) is 5.06 Å². The summed E-state index contributed by atoms with van der Waals surface area (Å²) in [6.07, 6.45) is 0.730. The van der Waals surface area contributed by atoms with Crippen molar-refractivity contribution in [3.63, 3.8) is 0 Å². The van der Waals surface area contributed by atoms with Gasteiger partial charge in [-0.25, -0.2) is 5.06 Å². The van der Waals surface area contributed by atoms with Crippen molar-refractivity contribution >= 4 is 17.5 Å². The topological polar surface area (TPSA) is 71.8 Å². The Morgan fingerprint density at radius 2 is 1.86 bits per heavy atom. The van der Waals surface area contributed by atoms with Gasteiger partial charge in [0, 0.05) is 0 Å². The summed E-state index contributed by atoms with van der Waals surface area (Å²) in [5.41, 5.74) is 1.90. The van der Waals surface area contributed by atoms with Crippen molar-refractivity contribution < 1.29 is 18.8 Å². The van der Waals surface area contributed by atoms with Crippen LogP contribution in [0.4, 0.5) is 5.69 Å². The van der Waals surface area contributed by atoms with Crippen LogP contribution in [0.3, 0.4) is 0 Å². The van der Waals surface area contributed by atoms with Crippen molar-refractivity contribution in [3.8, 4) is 0 Å². The summed E-state index contributed by atoms with van der Waals surface area (Å²) in [5.74, 6) is -0.745. The molecule has 6 heteroatoms. The summed E-state index contributed by atoms with van der Waals surface area (Å²) in [7, 11) is 0. The van der Waals surface area contributed by atoms with Crippen molar-refractivity contribution in [3.05, 3.63) is 54.0 Å². The summed E-state index contributed by atoms with van der Waals surface area (Å²) >= 11 is 0. The lowest BCUT2D eigenvalue weighted by Gasteiger charge is -2.25. The number of nitrogens with one attached hydrogen (secondary N) is 1. The molecule has 2 amide bonds. The highest BCUT2D eigenvalue weighted by Crippen LogP contribution is 2.44. The van der Waals surface area contributed by atoms with Crippen LogP contribution in [0.15, 0.2) is 47.1 Å². The number of imide groups is 1. The van der Waals surface area contributed by atoms with E-state index in [0.29, 0.717) is 5.76 Å². The predicted molar refractivity (Wildman–Crippen MR) is 76.6 cm³/mol. The van der Waals surface area contributed by atoms with Gasteiger partial charge in [-0.1, -0.05) is 17.7 Å². The second kappa shape index (κ2) is 4.71. The number of amides is 2. The highest BCUT2D eigenvalue weighted by atomic mass is 16.7. The van der Waals surface area contributed by atoms with E-state index in [1.54, 1.807) is 23.5 Å². The second-order valence-electron chi connectivity index (χ2n) is 5.53. The van der Waals surface area contributed by atoms with Crippen LogP contribution in [0.2, 0.25) is 0 Å². The highest BCUT2D eigenvalue weighted by molar-refractivity contribution is 6.07. The van der Waals surface area contributed by atoms with Gasteiger partial charge in [-0.2, -0.15) is 0 Å². The SMILES string of the molecule is Cc1ccc(N2O[C@@H]3C(=O)NC(=O)[C@@H]3[C@@H]2c2ccco2)cc1.